The average molecular weight is 324 g/mol. The van der Waals surface area contributed by atoms with Gasteiger partial charge in [-0.3, -0.25) is 0 Å². The van der Waals surface area contributed by atoms with Crippen LogP contribution in [0.3, 0.4) is 0 Å². The molecule has 3 N–H and O–H groups in total. The van der Waals surface area contributed by atoms with E-state index in [1.165, 1.54) is 16.7 Å². The first-order valence-electron chi connectivity index (χ1n) is 8.45. The fourth-order valence-electron chi connectivity index (χ4n) is 2.51. The third kappa shape index (κ3) is 5.84. The third-order valence-electron chi connectivity index (χ3n) is 3.86. The molecule has 0 spiro atoms. The largest absolute Gasteiger partial charge is 0.489 e. The van der Waals surface area contributed by atoms with Crippen molar-refractivity contribution in [3.8, 4) is 5.75 Å². The van der Waals surface area contributed by atoms with E-state index in [0.29, 0.717) is 6.61 Å². The topological polar surface area (TPSA) is 47.3 Å². The fourth-order valence-corrected chi connectivity index (χ4v) is 2.51. The van der Waals surface area contributed by atoms with Crippen molar-refractivity contribution in [2.45, 2.75) is 39.5 Å². The van der Waals surface area contributed by atoms with E-state index < -0.39 is 0 Å². The van der Waals surface area contributed by atoms with Crippen LogP contribution in [0.2, 0.25) is 0 Å². The van der Waals surface area contributed by atoms with Crippen molar-refractivity contribution in [2.75, 3.05) is 6.54 Å². The van der Waals surface area contributed by atoms with E-state index in [4.69, 9.17) is 10.5 Å². The molecule has 0 aliphatic carbocycles. The van der Waals surface area contributed by atoms with Gasteiger partial charge in [0, 0.05) is 18.6 Å². The minimum absolute atomic E-state index is 0.0339. The molecule has 0 amide bonds. The second kappa shape index (κ2) is 9.26. The van der Waals surface area contributed by atoms with Crippen LogP contribution >= 0.6 is 0 Å². The molecule has 3 heteroatoms. The first-order valence-corrected chi connectivity index (χ1v) is 8.45. The molecule has 0 heterocycles. The van der Waals surface area contributed by atoms with Gasteiger partial charge < -0.3 is 15.8 Å². The quantitative estimate of drug-likeness (QED) is 0.715. The monoisotopic (exact) mass is 324 g/mol. The molecule has 0 radical (unpaired) electrons. The highest BCUT2D eigenvalue weighted by Gasteiger charge is 2.15. The summed E-state index contributed by atoms with van der Waals surface area (Å²) in [4.78, 5) is 0. The number of rotatable bonds is 8. The molecular formula is C21H28N2O. The molecule has 0 aliphatic rings. The summed E-state index contributed by atoms with van der Waals surface area (Å²) in [7, 11) is 0. The number of allylic oxidation sites excluding steroid dienone is 1. The van der Waals surface area contributed by atoms with Crippen LogP contribution in [-0.2, 0) is 6.61 Å². The van der Waals surface area contributed by atoms with Crippen molar-refractivity contribution < 1.29 is 4.74 Å². The molecule has 0 saturated heterocycles. The van der Waals surface area contributed by atoms with Crippen molar-refractivity contribution in [2.24, 2.45) is 5.73 Å². The molecule has 24 heavy (non-hydrogen) atoms. The van der Waals surface area contributed by atoms with E-state index in [2.05, 4.69) is 49.5 Å². The molecule has 0 fully saturated rings. The Bertz CT molecular complexity index is 629. The van der Waals surface area contributed by atoms with Crippen LogP contribution in [0.5, 0.6) is 5.75 Å². The Labute approximate surface area is 145 Å². The van der Waals surface area contributed by atoms with Gasteiger partial charge in [-0.2, -0.15) is 0 Å². The highest BCUT2D eigenvalue weighted by molar-refractivity contribution is 5.30. The van der Waals surface area contributed by atoms with Crippen molar-refractivity contribution in [1.82, 2.24) is 5.32 Å². The maximum Gasteiger partial charge on any atom is 0.119 e. The van der Waals surface area contributed by atoms with Gasteiger partial charge in [0.25, 0.3) is 0 Å². The molecule has 128 valence electrons. The van der Waals surface area contributed by atoms with Crippen LogP contribution in [0.25, 0.3) is 0 Å². The van der Waals surface area contributed by atoms with Crippen LogP contribution in [0.1, 0.15) is 37.9 Å². The smallest absolute Gasteiger partial charge is 0.119 e. The number of ether oxygens (including phenoxy) is 1. The van der Waals surface area contributed by atoms with Crippen molar-refractivity contribution in [3.63, 3.8) is 0 Å². The highest BCUT2D eigenvalue weighted by atomic mass is 16.5. The standard InChI is InChI=1S/C21H28N2O/c1-16(2)13-14-23-21(17(3)22)19-9-11-20(12-10-19)24-15-18-7-5-4-6-8-18/h4-13,17,21,23H,14-15,22H2,1-3H3. The summed E-state index contributed by atoms with van der Waals surface area (Å²) in [5, 5.41) is 3.50. The van der Waals surface area contributed by atoms with Crippen molar-refractivity contribution in [1.29, 1.82) is 0 Å². The molecule has 2 aromatic rings. The zero-order chi connectivity index (χ0) is 17.4. The zero-order valence-electron chi connectivity index (χ0n) is 14.8. The lowest BCUT2D eigenvalue weighted by molar-refractivity contribution is 0.306. The van der Waals surface area contributed by atoms with Gasteiger partial charge in [-0.15, -0.1) is 0 Å². The van der Waals surface area contributed by atoms with E-state index in [-0.39, 0.29) is 12.1 Å². The molecule has 0 bridgehead atoms. The van der Waals surface area contributed by atoms with Gasteiger partial charge in [0.1, 0.15) is 12.4 Å². The van der Waals surface area contributed by atoms with Gasteiger partial charge in [-0.05, 0) is 44.0 Å². The first-order chi connectivity index (χ1) is 11.6. The summed E-state index contributed by atoms with van der Waals surface area (Å²) in [6.07, 6.45) is 2.17. The van der Waals surface area contributed by atoms with Crippen LogP contribution in [0.4, 0.5) is 0 Å². The summed E-state index contributed by atoms with van der Waals surface area (Å²) in [6.45, 7) is 7.62. The van der Waals surface area contributed by atoms with E-state index in [9.17, 15) is 0 Å². The van der Waals surface area contributed by atoms with E-state index in [1.807, 2.05) is 37.3 Å². The Kier molecular flexibility index (Phi) is 7.04. The SMILES string of the molecule is CC(C)=CCNC(c1ccc(OCc2ccccc2)cc1)C(C)N. The normalized spacial score (nSPS) is 13.2. The van der Waals surface area contributed by atoms with Crippen LogP contribution < -0.4 is 15.8 Å². The Morgan fingerprint density at radius 2 is 1.75 bits per heavy atom. The molecule has 2 atom stereocenters. The zero-order valence-corrected chi connectivity index (χ0v) is 14.8. The lowest BCUT2D eigenvalue weighted by atomic mass is 10.0. The van der Waals surface area contributed by atoms with Crippen LogP contribution in [0.15, 0.2) is 66.2 Å². The summed E-state index contributed by atoms with van der Waals surface area (Å²) < 4.78 is 5.84. The second-order valence-corrected chi connectivity index (χ2v) is 6.37. The number of hydrogen-bond donors (Lipinski definition) is 2. The predicted molar refractivity (Wildman–Crippen MR) is 101 cm³/mol. The van der Waals surface area contributed by atoms with Crippen LogP contribution in [-0.4, -0.2) is 12.6 Å². The van der Waals surface area contributed by atoms with Crippen LogP contribution in [0, 0.1) is 0 Å². The number of benzene rings is 2. The second-order valence-electron chi connectivity index (χ2n) is 6.37. The van der Waals surface area contributed by atoms with Crippen molar-refractivity contribution >= 4 is 0 Å². The maximum absolute atomic E-state index is 6.14. The van der Waals surface area contributed by atoms with Gasteiger partial charge >= 0.3 is 0 Å². The molecule has 0 aromatic heterocycles. The van der Waals surface area contributed by atoms with Gasteiger partial charge in [0.05, 0.1) is 0 Å². The van der Waals surface area contributed by atoms with E-state index in [0.717, 1.165) is 12.3 Å². The molecule has 0 aliphatic heterocycles. The van der Waals surface area contributed by atoms with E-state index in [1.54, 1.807) is 0 Å². The molecule has 2 unspecified atom stereocenters. The Balaban J connectivity index is 1.96. The lowest BCUT2D eigenvalue weighted by Crippen LogP contribution is -2.35. The minimum atomic E-state index is 0.0339. The summed E-state index contributed by atoms with van der Waals surface area (Å²) in [6, 6.07) is 18.5. The van der Waals surface area contributed by atoms with Gasteiger partial charge in [0.2, 0.25) is 0 Å². The predicted octanol–water partition coefficient (Wildman–Crippen LogP) is 4.21. The summed E-state index contributed by atoms with van der Waals surface area (Å²) >= 11 is 0. The number of nitrogens with two attached hydrogens (primary N) is 1. The fraction of sp³-hybridized carbons (Fsp3) is 0.333. The first kappa shape index (κ1) is 18.2. The summed E-state index contributed by atoms with van der Waals surface area (Å²) in [5.74, 6) is 0.871. The number of nitrogens with one attached hydrogen (secondary N) is 1. The minimum Gasteiger partial charge on any atom is -0.489 e. The third-order valence-corrected chi connectivity index (χ3v) is 3.86. The molecule has 2 aromatic carbocycles. The average Bonchev–Trinajstić information content (AvgIpc) is 2.58. The van der Waals surface area contributed by atoms with Gasteiger partial charge in [-0.25, -0.2) is 0 Å². The Morgan fingerprint density at radius 1 is 1.08 bits per heavy atom. The highest BCUT2D eigenvalue weighted by Crippen LogP contribution is 2.20. The van der Waals surface area contributed by atoms with Gasteiger partial charge in [-0.1, -0.05) is 54.1 Å². The molecule has 3 nitrogen and oxygen atoms in total. The molecular weight excluding hydrogens is 296 g/mol. The Morgan fingerprint density at radius 3 is 2.33 bits per heavy atom. The molecule has 0 saturated carbocycles. The number of hydrogen-bond acceptors (Lipinski definition) is 3. The van der Waals surface area contributed by atoms with E-state index >= 15 is 0 Å². The van der Waals surface area contributed by atoms with Gasteiger partial charge in [0.15, 0.2) is 0 Å². The molecule has 2 rings (SSSR count). The maximum atomic E-state index is 6.14. The van der Waals surface area contributed by atoms with Crippen molar-refractivity contribution in [3.05, 3.63) is 77.4 Å². The lowest BCUT2D eigenvalue weighted by Gasteiger charge is -2.22. The Hall–Kier alpha value is -2.10. The summed E-state index contributed by atoms with van der Waals surface area (Å²) in [5.41, 5.74) is 9.79.